The Bertz CT molecular complexity index is 1180. The van der Waals surface area contributed by atoms with Gasteiger partial charge in [0, 0.05) is 5.56 Å². The lowest BCUT2D eigenvalue weighted by molar-refractivity contribution is -0.127. The van der Waals surface area contributed by atoms with Gasteiger partial charge in [-0.1, -0.05) is 53.2 Å². The van der Waals surface area contributed by atoms with Crippen molar-refractivity contribution >= 4 is 56.9 Å². The number of nitrogens with zero attached hydrogens (tertiary/aromatic N) is 1. The Kier molecular flexibility index (Phi) is 6.32. The van der Waals surface area contributed by atoms with E-state index in [4.69, 9.17) is 32.7 Å². The third-order valence-corrected chi connectivity index (χ3v) is 7.05. The second kappa shape index (κ2) is 8.99. The fraction of sp³-hybridized carbons (Fsp3) is 0.217. The summed E-state index contributed by atoms with van der Waals surface area (Å²) in [7, 11) is 3.20. The first-order chi connectivity index (χ1) is 14.9. The van der Waals surface area contributed by atoms with Crippen LogP contribution in [0.5, 0.6) is 11.5 Å². The minimum atomic E-state index is -0.541. The molecule has 8 heteroatoms. The van der Waals surface area contributed by atoms with E-state index in [1.54, 1.807) is 32.4 Å². The van der Waals surface area contributed by atoms with Crippen molar-refractivity contribution in [3.05, 3.63) is 69.7 Å². The highest BCUT2D eigenvalue weighted by molar-refractivity contribution is 8.15. The zero-order valence-electron chi connectivity index (χ0n) is 16.9. The van der Waals surface area contributed by atoms with Crippen LogP contribution in [0, 0.1) is 0 Å². The van der Waals surface area contributed by atoms with E-state index < -0.39 is 5.25 Å². The van der Waals surface area contributed by atoms with E-state index in [1.165, 1.54) is 4.90 Å². The Labute approximate surface area is 194 Å². The van der Waals surface area contributed by atoms with E-state index in [0.29, 0.717) is 28.0 Å². The molecule has 5 nitrogen and oxygen atoms in total. The molecule has 1 saturated heterocycles. The fourth-order valence-electron chi connectivity index (χ4n) is 3.65. The number of hydrogen-bond acceptors (Lipinski definition) is 5. The maximum Gasteiger partial charge on any atom is 0.289 e. The number of halogens is 2. The molecule has 0 saturated carbocycles. The van der Waals surface area contributed by atoms with Crippen LogP contribution in [0.1, 0.15) is 11.1 Å². The average Bonchev–Trinajstić information content (AvgIpc) is 3.03. The molecule has 0 N–H and O–H groups in total. The molecule has 1 atom stereocenters. The Morgan fingerprint density at radius 1 is 0.968 bits per heavy atom. The fourth-order valence-corrected chi connectivity index (χ4v) is 4.97. The van der Waals surface area contributed by atoms with Gasteiger partial charge in [0.15, 0.2) is 0 Å². The second-order valence-electron chi connectivity index (χ2n) is 7.08. The number of carbonyl (C=O) groups excluding carboxylic acids is 2. The molecule has 0 aliphatic carbocycles. The van der Waals surface area contributed by atoms with Gasteiger partial charge in [0.1, 0.15) is 11.5 Å². The molecule has 0 bridgehead atoms. The van der Waals surface area contributed by atoms with E-state index in [-0.39, 0.29) is 17.7 Å². The van der Waals surface area contributed by atoms with Gasteiger partial charge in [0.2, 0.25) is 5.91 Å². The molecular weight excluding hydrogens is 457 g/mol. The molecule has 3 aromatic carbocycles. The van der Waals surface area contributed by atoms with E-state index in [2.05, 4.69) is 0 Å². The molecule has 1 heterocycles. The molecule has 31 heavy (non-hydrogen) atoms. The van der Waals surface area contributed by atoms with Crippen LogP contribution >= 0.6 is 35.0 Å². The van der Waals surface area contributed by atoms with Gasteiger partial charge in [-0.25, -0.2) is 0 Å². The normalized spacial score (nSPS) is 16.3. The molecular formula is C23H19Cl2NO4S. The molecule has 2 amide bonds. The van der Waals surface area contributed by atoms with Crippen LogP contribution in [0.15, 0.2) is 48.5 Å². The summed E-state index contributed by atoms with van der Waals surface area (Å²) in [5.74, 6) is 1.15. The van der Waals surface area contributed by atoms with Crippen molar-refractivity contribution in [2.75, 3.05) is 14.2 Å². The van der Waals surface area contributed by atoms with E-state index in [1.807, 2.05) is 30.3 Å². The number of methoxy groups -OCH3 is 2. The minimum absolute atomic E-state index is 0.151. The minimum Gasteiger partial charge on any atom is -0.497 e. The molecule has 3 aromatic rings. The average molecular weight is 476 g/mol. The highest BCUT2D eigenvalue weighted by Gasteiger charge is 2.40. The molecule has 1 fully saturated rings. The topological polar surface area (TPSA) is 55.8 Å². The zero-order chi connectivity index (χ0) is 22.1. The zero-order valence-corrected chi connectivity index (χ0v) is 19.2. The maximum absolute atomic E-state index is 13.1. The molecule has 0 unspecified atom stereocenters. The number of imide groups is 1. The summed E-state index contributed by atoms with van der Waals surface area (Å²) >= 11 is 13.1. The van der Waals surface area contributed by atoms with E-state index in [9.17, 15) is 9.59 Å². The first-order valence-electron chi connectivity index (χ1n) is 9.51. The van der Waals surface area contributed by atoms with Crippen LogP contribution in [0.4, 0.5) is 4.79 Å². The molecule has 1 aliphatic rings. The second-order valence-corrected chi connectivity index (χ2v) is 9.05. The molecule has 1 aliphatic heterocycles. The number of fused-ring (bicyclic) bond motifs is 1. The Morgan fingerprint density at radius 3 is 2.45 bits per heavy atom. The van der Waals surface area contributed by atoms with Gasteiger partial charge >= 0.3 is 0 Å². The first-order valence-corrected chi connectivity index (χ1v) is 11.1. The van der Waals surface area contributed by atoms with Gasteiger partial charge in [-0.3, -0.25) is 14.5 Å². The lowest BCUT2D eigenvalue weighted by Gasteiger charge is -2.16. The number of hydrogen-bond donors (Lipinski definition) is 0. The van der Waals surface area contributed by atoms with Crippen LogP contribution in [0.3, 0.4) is 0 Å². The summed E-state index contributed by atoms with van der Waals surface area (Å²) < 4.78 is 10.9. The van der Waals surface area contributed by atoms with Crippen LogP contribution in [-0.2, 0) is 17.8 Å². The molecule has 4 rings (SSSR count). The number of amides is 2. The lowest BCUT2D eigenvalue weighted by Crippen LogP contribution is -2.31. The molecule has 160 valence electrons. The maximum atomic E-state index is 13.1. The highest BCUT2D eigenvalue weighted by atomic mass is 35.5. The van der Waals surface area contributed by atoms with Gasteiger partial charge < -0.3 is 9.47 Å². The molecule has 0 spiro atoms. The SMILES string of the molecule is COc1ccc2ccc(OC)c(C[C@H]3SC(=O)N(Cc4ccc(Cl)c(Cl)c4)C3=O)c2c1. The number of rotatable bonds is 6. The number of benzene rings is 3. The van der Waals surface area contributed by atoms with E-state index >= 15 is 0 Å². The molecule has 0 radical (unpaired) electrons. The number of thioether (sulfide) groups is 1. The summed E-state index contributed by atoms with van der Waals surface area (Å²) in [5.41, 5.74) is 1.61. The number of carbonyl (C=O) groups is 2. The van der Waals surface area contributed by atoms with Crippen molar-refractivity contribution in [2.24, 2.45) is 0 Å². The van der Waals surface area contributed by atoms with Crippen molar-refractivity contribution in [3.8, 4) is 11.5 Å². The van der Waals surface area contributed by atoms with E-state index in [0.717, 1.165) is 33.7 Å². The van der Waals surface area contributed by atoms with Gasteiger partial charge in [-0.05, 0) is 53.1 Å². The monoisotopic (exact) mass is 475 g/mol. The standard InChI is InChI=1S/C23H19Cl2NO4S/c1-29-15-6-4-14-5-8-20(30-2)17(16(14)10-15)11-21-22(27)26(23(28)31-21)12-13-3-7-18(24)19(25)9-13/h3-10,21H,11-12H2,1-2H3/t21-/m1/s1. The van der Waals surface area contributed by atoms with Crippen molar-refractivity contribution in [3.63, 3.8) is 0 Å². The highest BCUT2D eigenvalue weighted by Crippen LogP contribution is 2.37. The van der Waals surface area contributed by atoms with Crippen LogP contribution in [-0.4, -0.2) is 35.5 Å². The summed E-state index contributed by atoms with van der Waals surface area (Å²) in [6.07, 6.45) is 0.362. The Balaban J connectivity index is 1.62. The van der Waals surface area contributed by atoms with Gasteiger partial charge in [0.05, 0.1) is 36.1 Å². The first kappa shape index (κ1) is 21.8. The third kappa shape index (κ3) is 4.33. The summed E-state index contributed by atoms with van der Waals surface area (Å²) in [4.78, 5) is 27.0. The molecule has 0 aromatic heterocycles. The summed E-state index contributed by atoms with van der Waals surface area (Å²) in [6, 6.07) is 14.7. The largest absolute Gasteiger partial charge is 0.497 e. The van der Waals surface area contributed by atoms with Crippen molar-refractivity contribution in [2.45, 2.75) is 18.2 Å². The van der Waals surface area contributed by atoms with Crippen molar-refractivity contribution < 1.29 is 19.1 Å². The lowest BCUT2D eigenvalue weighted by atomic mass is 9.98. The van der Waals surface area contributed by atoms with Crippen molar-refractivity contribution in [1.29, 1.82) is 0 Å². The Hall–Kier alpha value is -2.41. The van der Waals surface area contributed by atoms with Gasteiger partial charge in [0.25, 0.3) is 5.24 Å². The van der Waals surface area contributed by atoms with Crippen LogP contribution in [0.25, 0.3) is 10.8 Å². The van der Waals surface area contributed by atoms with Gasteiger partial charge in [-0.2, -0.15) is 0 Å². The predicted octanol–water partition coefficient (Wildman–Crippen LogP) is 5.97. The van der Waals surface area contributed by atoms with Crippen LogP contribution < -0.4 is 9.47 Å². The Morgan fingerprint density at radius 2 is 1.74 bits per heavy atom. The summed E-state index contributed by atoms with van der Waals surface area (Å²) in [6.45, 7) is 0.151. The quantitative estimate of drug-likeness (QED) is 0.439. The number of ether oxygens (including phenoxy) is 2. The smallest absolute Gasteiger partial charge is 0.289 e. The van der Waals surface area contributed by atoms with Gasteiger partial charge in [-0.15, -0.1) is 0 Å². The third-order valence-electron chi connectivity index (χ3n) is 5.24. The van der Waals surface area contributed by atoms with Crippen LogP contribution in [0.2, 0.25) is 10.0 Å². The predicted molar refractivity (Wildman–Crippen MR) is 125 cm³/mol. The van der Waals surface area contributed by atoms with Crippen molar-refractivity contribution in [1.82, 2.24) is 4.90 Å². The summed E-state index contributed by atoms with van der Waals surface area (Å²) in [5, 5.41) is 1.93.